The van der Waals surface area contributed by atoms with Crippen molar-refractivity contribution in [2.24, 2.45) is 7.05 Å². The highest BCUT2D eigenvalue weighted by molar-refractivity contribution is 5.90. The number of rotatable bonds is 9. The summed E-state index contributed by atoms with van der Waals surface area (Å²) in [7, 11) is 2.10. The Morgan fingerprint density at radius 2 is 2.09 bits per heavy atom. The van der Waals surface area contributed by atoms with E-state index in [1.54, 1.807) is 11.6 Å². The van der Waals surface area contributed by atoms with Gasteiger partial charge < -0.3 is 9.67 Å². The van der Waals surface area contributed by atoms with Crippen LogP contribution in [0.4, 0.5) is 0 Å². The normalized spacial score (nSPS) is 15.7. The topological polar surface area (TPSA) is 77.7 Å². The molecular formula is C26H31N3O3. The third-order valence-corrected chi connectivity index (χ3v) is 6.44. The number of aromatic nitrogens is 1. The van der Waals surface area contributed by atoms with Crippen LogP contribution in [0.3, 0.4) is 0 Å². The van der Waals surface area contributed by atoms with Crippen LogP contribution in [0.15, 0.2) is 54.7 Å². The Labute approximate surface area is 188 Å². The van der Waals surface area contributed by atoms with Crippen molar-refractivity contribution in [2.45, 2.75) is 31.7 Å². The number of carbonyl (C=O) groups is 1. The SMILES string of the molecule is Cn1cc(CCN(CCCO)C2CCc3cc(C=CC(=O)NO)ccc32)c2ccccc21. The molecule has 1 aliphatic carbocycles. The maximum atomic E-state index is 11.3. The van der Waals surface area contributed by atoms with Crippen LogP contribution in [-0.2, 0) is 24.7 Å². The van der Waals surface area contributed by atoms with Crippen LogP contribution in [0.1, 0.15) is 41.1 Å². The summed E-state index contributed by atoms with van der Waals surface area (Å²) in [6.07, 6.45) is 9.06. The van der Waals surface area contributed by atoms with Gasteiger partial charge in [-0.05, 0) is 60.1 Å². The Bertz CT molecular complexity index is 1120. The fourth-order valence-corrected chi connectivity index (χ4v) is 4.89. The first-order valence-corrected chi connectivity index (χ1v) is 11.2. The zero-order valence-corrected chi connectivity index (χ0v) is 18.5. The quantitative estimate of drug-likeness (QED) is 0.274. The Hall–Kier alpha value is -2.93. The molecule has 4 rings (SSSR count). The van der Waals surface area contributed by atoms with E-state index in [2.05, 4.69) is 59.1 Å². The molecule has 168 valence electrons. The van der Waals surface area contributed by atoms with Crippen molar-refractivity contribution < 1.29 is 15.1 Å². The van der Waals surface area contributed by atoms with Crippen LogP contribution in [0, 0.1) is 0 Å². The summed E-state index contributed by atoms with van der Waals surface area (Å²) in [6, 6.07) is 15.2. The smallest absolute Gasteiger partial charge is 0.267 e. The lowest BCUT2D eigenvalue weighted by molar-refractivity contribution is -0.124. The number of aryl methyl sites for hydroxylation is 2. The number of aliphatic hydroxyl groups is 1. The molecule has 0 aliphatic heterocycles. The maximum Gasteiger partial charge on any atom is 0.267 e. The van der Waals surface area contributed by atoms with Crippen LogP contribution in [0.2, 0.25) is 0 Å². The molecule has 1 aromatic heterocycles. The van der Waals surface area contributed by atoms with Gasteiger partial charge in [0.05, 0.1) is 0 Å². The second-order valence-electron chi connectivity index (χ2n) is 8.47. The average molecular weight is 434 g/mol. The molecule has 1 aliphatic rings. The van der Waals surface area contributed by atoms with Crippen molar-refractivity contribution in [3.63, 3.8) is 0 Å². The number of amides is 1. The Morgan fingerprint density at radius 1 is 1.25 bits per heavy atom. The van der Waals surface area contributed by atoms with Gasteiger partial charge in [-0.15, -0.1) is 0 Å². The van der Waals surface area contributed by atoms with Crippen molar-refractivity contribution in [3.8, 4) is 0 Å². The van der Waals surface area contributed by atoms with E-state index in [4.69, 9.17) is 5.21 Å². The summed E-state index contributed by atoms with van der Waals surface area (Å²) in [5.41, 5.74) is 7.82. The molecular weight excluding hydrogens is 402 g/mol. The Morgan fingerprint density at radius 3 is 2.91 bits per heavy atom. The maximum absolute atomic E-state index is 11.3. The van der Waals surface area contributed by atoms with Gasteiger partial charge in [0.2, 0.25) is 0 Å². The van der Waals surface area contributed by atoms with Crippen LogP contribution < -0.4 is 5.48 Å². The molecule has 6 nitrogen and oxygen atoms in total. The number of hydrogen-bond donors (Lipinski definition) is 3. The van der Waals surface area contributed by atoms with Gasteiger partial charge >= 0.3 is 0 Å². The highest BCUT2D eigenvalue weighted by Gasteiger charge is 2.27. The molecule has 0 saturated heterocycles. The molecule has 6 heteroatoms. The first kappa shape index (κ1) is 22.3. The molecule has 0 spiro atoms. The Balaban J connectivity index is 1.52. The van der Waals surface area contributed by atoms with Crippen LogP contribution in [-0.4, -0.2) is 45.4 Å². The van der Waals surface area contributed by atoms with E-state index in [0.717, 1.165) is 44.3 Å². The van der Waals surface area contributed by atoms with Gasteiger partial charge in [-0.25, -0.2) is 5.48 Å². The van der Waals surface area contributed by atoms with Gasteiger partial charge in [-0.3, -0.25) is 14.9 Å². The second kappa shape index (κ2) is 10.1. The van der Waals surface area contributed by atoms with Gasteiger partial charge in [0.25, 0.3) is 5.91 Å². The van der Waals surface area contributed by atoms with E-state index >= 15 is 0 Å². The van der Waals surface area contributed by atoms with E-state index in [0.29, 0.717) is 6.04 Å². The number of hydroxylamine groups is 1. The molecule has 1 atom stereocenters. The van der Waals surface area contributed by atoms with Crippen LogP contribution in [0.25, 0.3) is 17.0 Å². The number of aliphatic hydroxyl groups excluding tert-OH is 1. The van der Waals surface area contributed by atoms with E-state index < -0.39 is 5.91 Å². The molecule has 1 amide bonds. The number of para-hydroxylation sites is 1. The zero-order chi connectivity index (χ0) is 22.5. The van der Waals surface area contributed by atoms with Crippen molar-refractivity contribution >= 4 is 22.9 Å². The van der Waals surface area contributed by atoms with Crippen molar-refractivity contribution in [2.75, 3.05) is 19.7 Å². The number of carbonyl (C=O) groups excluding carboxylic acids is 1. The predicted molar refractivity (Wildman–Crippen MR) is 126 cm³/mol. The van der Waals surface area contributed by atoms with Gasteiger partial charge in [-0.2, -0.15) is 0 Å². The minimum Gasteiger partial charge on any atom is -0.396 e. The number of nitrogens with zero attached hydrogens (tertiary/aromatic N) is 2. The monoisotopic (exact) mass is 433 g/mol. The lowest BCUT2D eigenvalue weighted by Gasteiger charge is -2.29. The van der Waals surface area contributed by atoms with Gasteiger partial charge in [0.15, 0.2) is 0 Å². The summed E-state index contributed by atoms with van der Waals surface area (Å²) in [5.74, 6) is -0.535. The summed E-state index contributed by atoms with van der Waals surface area (Å²) >= 11 is 0. The molecule has 1 heterocycles. The number of hydrogen-bond acceptors (Lipinski definition) is 4. The number of benzene rings is 2. The minimum absolute atomic E-state index is 0.195. The third kappa shape index (κ3) is 4.78. The summed E-state index contributed by atoms with van der Waals surface area (Å²) in [4.78, 5) is 13.8. The van der Waals surface area contributed by atoms with E-state index in [1.807, 2.05) is 6.07 Å². The minimum atomic E-state index is -0.535. The molecule has 3 aromatic rings. The standard InChI is InChI=1S/C26H31N3O3/c1-28-18-21(22-5-2-3-6-24(22)28)13-15-29(14-4-16-30)25-11-9-20-17-19(7-10-23(20)25)8-12-26(31)27-32/h2-3,5-8,10,12,17-18,25,30,32H,4,9,11,13-16H2,1H3,(H,27,31). The first-order valence-electron chi connectivity index (χ1n) is 11.2. The molecule has 0 fully saturated rings. The lowest BCUT2D eigenvalue weighted by atomic mass is 10.0. The fourth-order valence-electron chi connectivity index (χ4n) is 4.89. The summed E-state index contributed by atoms with van der Waals surface area (Å²) in [6.45, 7) is 2.00. The highest BCUT2D eigenvalue weighted by atomic mass is 16.5. The largest absolute Gasteiger partial charge is 0.396 e. The number of fused-ring (bicyclic) bond motifs is 2. The van der Waals surface area contributed by atoms with Gasteiger partial charge in [-0.1, -0.05) is 36.4 Å². The van der Waals surface area contributed by atoms with Crippen molar-refractivity contribution in [1.82, 2.24) is 14.9 Å². The second-order valence-corrected chi connectivity index (χ2v) is 8.47. The number of nitrogens with one attached hydrogen (secondary N) is 1. The van der Waals surface area contributed by atoms with Crippen LogP contribution in [0.5, 0.6) is 0 Å². The van der Waals surface area contributed by atoms with Gasteiger partial charge in [0.1, 0.15) is 0 Å². The molecule has 0 radical (unpaired) electrons. The van der Waals surface area contributed by atoms with E-state index in [9.17, 15) is 9.90 Å². The predicted octanol–water partition coefficient (Wildman–Crippen LogP) is 3.61. The summed E-state index contributed by atoms with van der Waals surface area (Å²) in [5, 5.41) is 19.4. The zero-order valence-electron chi connectivity index (χ0n) is 18.5. The average Bonchev–Trinajstić information content (AvgIpc) is 3.38. The van der Waals surface area contributed by atoms with Gasteiger partial charge in [0, 0.05) is 56.0 Å². The lowest BCUT2D eigenvalue weighted by Crippen LogP contribution is -2.31. The Kier molecular flexibility index (Phi) is 7.05. The van der Waals surface area contributed by atoms with E-state index in [-0.39, 0.29) is 6.61 Å². The third-order valence-electron chi connectivity index (χ3n) is 6.44. The van der Waals surface area contributed by atoms with Crippen LogP contribution >= 0.6 is 0 Å². The van der Waals surface area contributed by atoms with Crippen molar-refractivity contribution in [1.29, 1.82) is 0 Å². The first-order chi connectivity index (χ1) is 15.6. The molecule has 3 N–H and O–H groups in total. The van der Waals surface area contributed by atoms with Crippen molar-refractivity contribution in [3.05, 3.63) is 77.0 Å². The summed E-state index contributed by atoms with van der Waals surface area (Å²) < 4.78 is 2.19. The molecule has 2 aromatic carbocycles. The highest BCUT2D eigenvalue weighted by Crippen LogP contribution is 2.37. The molecule has 0 saturated carbocycles. The molecule has 32 heavy (non-hydrogen) atoms. The molecule has 0 bridgehead atoms. The molecule has 1 unspecified atom stereocenters. The fraction of sp³-hybridized carbons (Fsp3) is 0.346. The van der Waals surface area contributed by atoms with E-state index in [1.165, 1.54) is 33.7 Å².